The minimum Gasteiger partial charge on any atom is -0.479 e. The highest BCUT2D eigenvalue weighted by atomic mass is 16.5. The topological polar surface area (TPSA) is 78.8 Å². The summed E-state index contributed by atoms with van der Waals surface area (Å²) in [4.78, 5) is 26.5. The van der Waals surface area contributed by atoms with E-state index in [1.807, 2.05) is 46.2 Å². The summed E-state index contributed by atoms with van der Waals surface area (Å²) in [5.41, 5.74) is 4.51. The molecular formula is C29H44N4O3. The van der Waals surface area contributed by atoms with Gasteiger partial charge in [-0.3, -0.25) is 9.97 Å². The van der Waals surface area contributed by atoms with Crippen LogP contribution in [0.5, 0.6) is 0 Å². The molecule has 2 aromatic heterocycles. The van der Waals surface area contributed by atoms with Crippen LogP contribution in [0, 0.1) is 12.3 Å². The van der Waals surface area contributed by atoms with Gasteiger partial charge in [0.25, 0.3) is 0 Å². The van der Waals surface area contributed by atoms with Gasteiger partial charge in [-0.15, -0.1) is 0 Å². The lowest BCUT2D eigenvalue weighted by Gasteiger charge is -2.40. The second-order valence-electron chi connectivity index (χ2n) is 11.8. The Morgan fingerprint density at radius 2 is 1.86 bits per heavy atom. The number of hydrogen-bond donors (Lipinski definition) is 1. The third-order valence-electron chi connectivity index (χ3n) is 6.99. The molecule has 3 heterocycles. The lowest BCUT2D eigenvalue weighted by Crippen LogP contribution is -2.39. The largest absolute Gasteiger partial charge is 0.479 e. The lowest BCUT2D eigenvalue weighted by molar-refractivity contribution is -0.160. The molecule has 0 radical (unpaired) electrons. The number of nitrogens with zero attached hydrogens (tertiary/aromatic N) is 4. The Hall–Kier alpha value is -2.67. The zero-order chi connectivity index (χ0) is 26.7. The van der Waals surface area contributed by atoms with Gasteiger partial charge in [-0.1, -0.05) is 27.2 Å². The van der Waals surface area contributed by atoms with Crippen molar-refractivity contribution in [3.63, 3.8) is 0 Å². The van der Waals surface area contributed by atoms with Gasteiger partial charge in [0.2, 0.25) is 0 Å². The smallest absolute Gasteiger partial charge is 0.337 e. The predicted octanol–water partition coefficient (Wildman–Crippen LogP) is 6.26. The van der Waals surface area contributed by atoms with Crippen LogP contribution in [0.15, 0.2) is 24.5 Å². The van der Waals surface area contributed by atoms with E-state index in [1.54, 1.807) is 0 Å². The second-order valence-corrected chi connectivity index (χ2v) is 11.8. The highest BCUT2D eigenvalue weighted by Gasteiger charge is 2.36. The van der Waals surface area contributed by atoms with Crippen LogP contribution in [-0.4, -0.2) is 53.3 Å². The normalized spacial score (nSPS) is 16.6. The Balaban J connectivity index is 2.13. The first-order valence-electron chi connectivity index (χ1n) is 13.2. The Labute approximate surface area is 216 Å². The summed E-state index contributed by atoms with van der Waals surface area (Å²) in [6, 6.07) is 4.10. The number of rotatable bonds is 9. The minimum absolute atomic E-state index is 0.260. The maximum absolute atomic E-state index is 12.5. The number of piperidine rings is 1. The van der Waals surface area contributed by atoms with Crippen LogP contribution in [-0.2, 0) is 9.53 Å². The highest BCUT2D eigenvalue weighted by molar-refractivity contribution is 5.85. The van der Waals surface area contributed by atoms with E-state index in [4.69, 9.17) is 9.72 Å². The third-order valence-corrected chi connectivity index (χ3v) is 6.99. The van der Waals surface area contributed by atoms with Gasteiger partial charge in [-0.2, -0.15) is 0 Å². The number of carbonyl (C=O) groups is 1. The zero-order valence-electron chi connectivity index (χ0n) is 23.4. The number of ether oxygens (including phenoxy) is 1. The molecule has 0 unspecified atom stereocenters. The molecule has 3 rings (SSSR count). The molecule has 0 aliphatic carbocycles. The van der Waals surface area contributed by atoms with E-state index in [-0.39, 0.29) is 5.41 Å². The molecule has 0 saturated carbocycles. The lowest BCUT2D eigenvalue weighted by atomic mass is 9.82. The van der Waals surface area contributed by atoms with Crippen LogP contribution in [0.4, 0.5) is 11.4 Å². The number of anilines is 2. The van der Waals surface area contributed by atoms with Crippen LogP contribution >= 0.6 is 0 Å². The van der Waals surface area contributed by atoms with Crippen LogP contribution in [0.25, 0.3) is 11.3 Å². The second kappa shape index (κ2) is 11.2. The summed E-state index contributed by atoms with van der Waals surface area (Å²) >= 11 is 0. The first-order chi connectivity index (χ1) is 16.8. The fraction of sp³-hybridized carbons (Fsp3) is 0.621. The standard InChI is InChI=1S/C29H44N4O3/c1-9-10-15-32(8)21-11-12-23(31-18-21)22-19-30-20(2)24(26(27(34)35)36-28(3,4)5)25(22)33-16-13-29(6,7)14-17-33/h11-12,18-19,26H,9-10,13-17H2,1-8H3,(H,34,35)/t26-/m0/s1. The van der Waals surface area contributed by atoms with Gasteiger partial charge < -0.3 is 19.6 Å². The van der Waals surface area contributed by atoms with E-state index < -0.39 is 17.7 Å². The molecule has 0 spiro atoms. The van der Waals surface area contributed by atoms with Crippen molar-refractivity contribution in [1.82, 2.24) is 9.97 Å². The molecule has 198 valence electrons. The van der Waals surface area contributed by atoms with E-state index in [0.717, 1.165) is 67.9 Å². The molecule has 2 aromatic rings. The average Bonchev–Trinajstić information content (AvgIpc) is 2.80. The zero-order valence-corrected chi connectivity index (χ0v) is 23.4. The predicted molar refractivity (Wildman–Crippen MR) is 147 cm³/mol. The molecule has 7 heteroatoms. The van der Waals surface area contributed by atoms with Crippen LogP contribution in [0.1, 0.15) is 84.6 Å². The number of unbranched alkanes of at least 4 members (excludes halogenated alkanes) is 1. The summed E-state index contributed by atoms with van der Waals surface area (Å²) in [5, 5.41) is 10.3. The van der Waals surface area contributed by atoms with Gasteiger partial charge in [0, 0.05) is 49.7 Å². The van der Waals surface area contributed by atoms with Crippen molar-refractivity contribution in [3.8, 4) is 11.3 Å². The summed E-state index contributed by atoms with van der Waals surface area (Å²) in [5.74, 6) is -1.01. The molecule has 0 aromatic carbocycles. The number of carboxylic acid groups (broad SMARTS) is 1. The molecule has 1 atom stereocenters. The quantitative estimate of drug-likeness (QED) is 0.439. The number of aryl methyl sites for hydroxylation is 1. The minimum atomic E-state index is -1.12. The van der Waals surface area contributed by atoms with Crippen molar-refractivity contribution in [1.29, 1.82) is 0 Å². The Bertz CT molecular complexity index is 1030. The summed E-state index contributed by atoms with van der Waals surface area (Å²) in [6.07, 6.45) is 6.94. The van der Waals surface area contributed by atoms with Crippen molar-refractivity contribution in [2.75, 3.05) is 36.5 Å². The molecule has 0 amide bonds. The van der Waals surface area contributed by atoms with Crippen molar-refractivity contribution in [2.45, 2.75) is 85.9 Å². The molecule has 0 bridgehead atoms. The monoisotopic (exact) mass is 496 g/mol. The average molecular weight is 497 g/mol. The third kappa shape index (κ3) is 6.75. The van der Waals surface area contributed by atoms with E-state index in [2.05, 4.69) is 48.7 Å². The number of pyridine rings is 2. The SMILES string of the molecule is CCCCN(C)c1ccc(-c2cnc(C)c([C@H](OC(C)(C)C)C(=O)O)c2N2CCC(C)(C)CC2)nc1. The fourth-order valence-corrected chi connectivity index (χ4v) is 4.67. The number of aromatic nitrogens is 2. The molecule has 1 fully saturated rings. The highest BCUT2D eigenvalue weighted by Crippen LogP contribution is 2.43. The molecule has 7 nitrogen and oxygen atoms in total. The number of aliphatic carboxylic acids is 1. The first-order valence-corrected chi connectivity index (χ1v) is 13.2. The molecule has 1 aliphatic rings. The van der Waals surface area contributed by atoms with Gasteiger partial charge >= 0.3 is 5.97 Å². The van der Waals surface area contributed by atoms with Crippen molar-refractivity contribution in [2.24, 2.45) is 5.41 Å². The summed E-state index contributed by atoms with van der Waals surface area (Å²) in [7, 11) is 2.08. The molecule has 1 saturated heterocycles. The Kier molecular flexibility index (Phi) is 8.65. The van der Waals surface area contributed by atoms with Gasteiger partial charge in [0.05, 0.1) is 28.9 Å². The van der Waals surface area contributed by atoms with Gasteiger partial charge in [-0.25, -0.2) is 4.79 Å². The van der Waals surface area contributed by atoms with Gasteiger partial charge in [0.15, 0.2) is 6.10 Å². The summed E-state index contributed by atoms with van der Waals surface area (Å²) in [6.45, 7) is 17.0. The van der Waals surface area contributed by atoms with Gasteiger partial charge in [0.1, 0.15) is 0 Å². The summed E-state index contributed by atoms with van der Waals surface area (Å²) < 4.78 is 6.12. The van der Waals surface area contributed by atoms with E-state index in [1.165, 1.54) is 0 Å². The van der Waals surface area contributed by atoms with Crippen LogP contribution in [0.2, 0.25) is 0 Å². The van der Waals surface area contributed by atoms with Crippen LogP contribution < -0.4 is 9.80 Å². The molecule has 1 N–H and O–H groups in total. The van der Waals surface area contributed by atoms with Gasteiger partial charge in [-0.05, 0) is 64.5 Å². The Morgan fingerprint density at radius 3 is 2.39 bits per heavy atom. The molecular weight excluding hydrogens is 452 g/mol. The molecule has 36 heavy (non-hydrogen) atoms. The van der Waals surface area contributed by atoms with Crippen LogP contribution in [0.3, 0.4) is 0 Å². The number of carboxylic acids is 1. The fourth-order valence-electron chi connectivity index (χ4n) is 4.67. The maximum Gasteiger partial charge on any atom is 0.337 e. The van der Waals surface area contributed by atoms with E-state index >= 15 is 0 Å². The first kappa shape index (κ1) is 27.9. The van der Waals surface area contributed by atoms with E-state index in [0.29, 0.717) is 11.3 Å². The van der Waals surface area contributed by atoms with Crippen molar-refractivity contribution < 1.29 is 14.6 Å². The Morgan fingerprint density at radius 1 is 1.19 bits per heavy atom. The van der Waals surface area contributed by atoms with Crippen molar-refractivity contribution >= 4 is 17.3 Å². The van der Waals surface area contributed by atoms with Crippen molar-refractivity contribution in [3.05, 3.63) is 35.8 Å². The van der Waals surface area contributed by atoms with E-state index in [9.17, 15) is 9.90 Å². The maximum atomic E-state index is 12.5. The molecule has 1 aliphatic heterocycles. The number of hydrogen-bond acceptors (Lipinski definition) is 6.